The van der Waals surface area contributed by atoms with Crippen LogP contribution in [0.15, 0.2) is 48.0 Å². The molecule has 7 heteroatoms. The van der Waals surface area contributed by atoms with Crippen molar-refractivity contribution in [1.29, 1.82) is 0 Å². The minimum Gasteiger partial charge on any atom is -0.486 e. The molecule has 146 valence electrons. The van der Waals surface area contributed by atoms with Crippen LogP contribution < -0.4 is 14.8 Å². The number of hydrogen-bond donors (Lipinski definition) is 1. The molecule has 2 heterocycles. The third-order valence-corrected chi connectivity index (χ3v) is 4.80. The number of aryl methyl sites for hydroxylation is 1. The lowest BCUT2D eigenvalue weighted by Crippen LogP contribution is -2.25. The van der Waals surface area contributed by atoms with Gasteiger partial charge in [0.15, 0.2) is 0 Å². The summed E-state index contributed by atoms with van der Waals surface area (Å²) in [5.41, 5.74) is 2.78. The zero-order valence-corrected chi connectivity index (χ0v) is 16.8. The number of hydrogen-bond acceptors (Lipinski definition) is 6. The van der Waals surface area contributed by atoms with Crippen LogP contribution in [-0.4, -0.2) is 22.5 Å². The van der Waals surface area contributed by atoms with Crippen molar-refractivity contribution in [2.24, 2.45) is 0 Å². The summed E-state index contributed by atoms with van der Waals surface area (Å²) in [7, 11) is 0. The lowest BCUT2D eigenvalue weighted by atomic mass is 10.2. The lowest BCUT2D eigenvalue weighted by Gasteiger charge is -2.09. The van der Waals surface area contributed by atoms with Crippen molar-refractivity contribution in [2.75, 3.05) is 6.61 Å². The highest BCUT2D eigenvalue weighted by atomic mass is 32.1. The predicted octanol–water partition coefficient (Wildman–Crippen LogP) is 3.68. The Labute approximate surface area is 168 Å². The highest BCUT2D eigenvalue weighted by Crippen LogP contribution is 2.17. The Bertz CT molecular complexity index is 909. The summed E-state index contributed by atoms with van der Waals surface area (Å²) in [6.07, 6.45) is 1.90. The zero-order valence-electron chi connectivity index (χ0n) is 16.0. The minimum atomic E-state index is -0.0948. The van der Waals surface area contributed by atoms with E-state index >= 15 is 0 Å². The van der Waals surface area contributed by atoms with Crippen LogP contribution >= 0.6 is 11.3 Å². The van der Waals surface area contributed by atoms with Crippen LogP contribution in [0.2, 0.25) is 0 Å². The molecule has 1 N–H and O–H groups in total. The van der Waals surface area contributed by atoms with E-state index in [0.717, 1.165) is 22.0 Å². The van der Waals surface area contributed by atoms with Crippen LogP contribution in [0.25, 0.3) is 0 Å². The number of nitrogens with one attached hydrogen (secondary N) is 1. The molecule has 0 saturated carbocycles. The van der Waals surface area contributed by atoms with Crippen molar-refractivity contribution < 1.29 is 14.3 Å². The maximum Gasteiger partial charge on any atom is 0.226 e. The van der Waals surface area contributed by atoms with Crippen molar-refractivity contribution in [1.82, 2.24) is 15.3 Å². The molecule has 2 aromatic heterocycles. The molecule has 1 amide bonds. The maximum absolute atomic E-state index is 12.2. The first kappa shape index (κ1) is 19.8. The minimum absolute atomic E-state index is 0.0948. The monoisotopic (exact) mass is 397 g/mol. The molecule has 0 bridgehead atoms. The van der Waals surface area contributed by atoms with E-state index in [0.29, 0.717) is 25.6 Å². The Balaban J connectivity index is 1.48. The molecule has 3 rings (SSSR count). The largest absolute Gasteiger partial charge is 0.486 e. The van der Waals surface area contributed by atoms with Gasteiger partial charge in [0.2, 0.25) is 11.8 Å². The third kappa shape index (κ3) is 5.79. The van der Waals surface area contributed by atoms with Gasteiger partial charge in [-0.2, -0.15) is 0 Å². The standard InChI is InChI=1S/C21H23N3O3S/c1-3-26-21-16(5-4-10-22-21)12-23-19(25)11-17-14-28-20(24-17)13-27-18-8-6-15(2)7-9-18/h4-10,14H,3,11-13H2,1-2H3,(H,23,25). The van der Waals surface area contributed by atoms with E-state index in [2.05, 4.69) is 15.3 Å². The van der Waals surface area contributed by atoms with Crippen LogP contribution in [0, 0.1) is 6.92 Å². The highest BCUT2D eigenvalue weighted by molar-refractivity contribution is 7.09. The predicted molar refractivity (Wildman–Crippen MR) is 109 cm³/mol. The second kappa shape index (κ2) is 9.85. The fourth-order valence-electron chi connectivity index (χ4n) is 2.52. The summed E-state index contributed by atoms with van der Waals surface area (Å²) < 4.78 is 11.2. The SMILES string of the molecule is CCOc1ncccc1CNC(=O)Cc1csc(COc2ccc(C)cc2)n1. The van der Waals surface area contributed by atoms with Crippen molar-refractivity contribution in [3.8, 4) is 11.6 Å². The van der Waals surface area contributed by atoms with E-state index in [-0.39, 0.29) is 12.3 Å². The first-order valence-corrected chi connectivity index (χ1v) is 9.98. The lowest BCUT2D eigenvalue weighted by molar-refractivity contribution is -0.120. The molecule has 0 aliphatic rings. The van der Waals surface area contributed by atoms with Gasteiger partial charge in [-0.15, -0.1) is 11.3 Å². The van der Waals surface area contributed by atoms with Gasteiger partial charge < -0.3 is 14.8 Å². The molecule has 0 spiro atoms. The molecule has 0 radical (unpaired) electrons. The van der Waals surface area contributed by atoms with Gasteiger partial charge in [-0.25, -0.2) is 9.97 Å². The van der Waals surface area contributed by atoms with Gasteiger partial charge >= 0.3 is 0 Å². The second-order valence-corrected chi connectivity index (χ2v) is 7.13. The number of carbonyl (C=O) groups excluding carboxylic acids is 1. The van der Waals surface area contributed by atoms with Crippen molar-refractivity contribution >= 4 is 17.2 Å². The summed E-state index contributed by atoms with van der Waals surface area (Å²) >= 11 is 1.49. The number of aromatic nitrogens is 2. The summed E-state index contributed by atoms with van der Waals surface area (Å²) in [6, 6.07) is 11.6. The fourth-order valence-corrected chi connectivity index (χ4v) is 3.23. The first-order chi connectivity index (χ1) is 13.6. The topological polar surface area (TPSA) is 73.3 Å². The van der Waals surface area contributed by atoms with Gasteiger partial charge in [-0.3, -0.25) is 4.79 Å². The van der Waals surface area contributed by atoms with Gasteiger partial charge in [-0.05, 0) is 32.0 Å². The number of ether oxygens (including phenoxy) is 2. The molecule has 0 aliphatic heterocycles. The van der Waals surface area contributed by atoms with Crippen molar-refractivity contribution in [3.63, 3.8) is 0 Å². The normalized spacial score (nSPS) is 10.5. The number of rotatable bonds is 9. The molecule has 0 aliphatic carbocycles. The number of benzene rings is 1. The van der Waals surface area contributed by atoms with Crippen molar-refractivity contribution in [2.45, 2.75) is 33.4 Å². The van der Waals surface area contributed by atoms with E-state index in [1.54, 1.807) is 6.20 Å². The highest BCUT2D eigenvalue weighted by Gasteiger charge is 2.10. The number of nitrogens with zero attached hydrogens (tertiary/aromatic N) is 2. The summed E-state index contributed by atoms with van der Waals surface area (Å²) in [6.45, 7) is 5.23. The number of amides is 1. The summed E-state index contributed by atoms with van der Waals surface area (Å²) in [5.74, 6) is 1.26. The average Bonchev–Trinajstić information content (AvgIpc) is 3.14. The van der Waals surface area contributed by atoms with E-state index in [1.165, 1.54) is 16.9 Å². The van der Waals surface area contributed by atoms with Gasteiger partial charge in [-0.1, -0.05) is 23.8 Å². The molecule has 0 fully saturated rings. The molecule has 28 heavy (non-hydrogen) atoms. The summed E-state index contributed by atoms with van der Waals surface area (Å²) in [5, 5.41) is 5.63. The van der Waals surface area contributed by atoms with Crippen LogP contribution in [0.4, 0.5) is 0 Å². The smallest absolute Gasteiger partial charge is 0.226 e. The molecule has 0 unspecified atom stereocenters. The Hall–Kier alpha value is -2.93. The molecule has 0 atom stereocenters. The fraction of sp³-hybridized carbons (Fsp3) is 0.286. The van der Waals surface area contributed by atoms with Crippen LogP contribution in [-0.2, 0) is 24.4 Å². The average molecular weight is 398 g/mol. The van der Waals surface area contributed by atoms with Crippen LogP contribution in [0.3, 0.4) is 0 Å². The Kier molecular flexibility index (Phi) is 6.97. The van der Waals surface area contributed by atoms with Crippen LogP contribution in [0.5, 0.6) is 11.6 Å². The Morgan fingerprint density at radius 1 is 1.18 bits per heavy atom. The van der Waals surface area contributed by atoms with Gasteiger partial charge in [0.1, 0.15) is 17.4 Å². The number of pyridine rings is 1. The quantitative estimate of drug-likeness (QED) is 0.596. The van der Waals surface area contributed by atoms with Crippen LogP contribution in [0.1, 0.15) is 28.8 Å². The summed E-state index contributed by atoms with van der Waals surface area (Å²) in [4.78, 5) is 20.9. The number of thiazole rings is 1. The Morgan fingerprint density at radius 3 is 2.79 bits per heavy atom. The van der Waals surface area contributed by atoms with Gasteiger partial charge in [0.05, 0.1) is 18.7 Å². The van der Waals surface area contributed by atoms with E-state index in [4.69, 9.17) is 9.47 Å². The Morgan fingerprint density at radius 2 is 2.00 bits per heavy atom. The molecule has 0 saturated heterocycles. The number of carbonyl (C=O) groups is 1. The van der Waals surface area contributed by atoms with E-state index < -0.39 is 0 Å². The third-order valence-electron chi connectivity index (χ3n) is 3.93. The van der Waals surface area contributed by atoms with Gasteiger partial charge in [0.25, 0.3) is 0 Å². The molecular weight excluding hydrogens is 374 g/mol. The van der Waals surface area contributed by atoms with E-state index in [9.17, 15) is 4.79 Å². The van der Waals surface area contributed by atoms with E-state index in [1.807, 2.05) is 55.6 Å². The van der Waals surface area contributed by atoms with Gasteiger partial charge in [0, 0.05) is 23.7 Å². The molecule has 3 aromatic rings. The second-order valence-electron chi connectivity index (χ2n) is 6.19. The zero-order chi connectivity index (χ0) is 19.8. The maximum atomic E-state index is 12.2. The molecule has 1 aromatic carbocycles. The molecular formula is C21H23N3O3S. The molecule has 6 nitrogen and oxygen atoms in total. The first-order valence-electron chi connectivity index (χ1n) is 9.10. The van der Waals surface area contributed by atoms with Crippen molar-refractivity contribution in [3.05, 3.63) is 69.8 Å².